The fourth-order valence-corrected chi connectivity index (χ4v) is 3.80. The topological polar surface area (TPSA) is 58.6 Å². The fourth-order valence-electron chi connectivity index (χ4n) is 2.72. The lowest BCUT2D eigenvalue weighted by Gasteiger charge is -2.28. The van der Waals surface area contributed by atoms with E-state index in [1.807, 2.05) is 48.5 Å². The summed E-state index contributed by atoms with van der Waals surface area (Å²) in [6.07, 6.45) is 0. The molecule has 7 heteroatoms. The van der Waals surface area contributed by atoms with Gasteiger partial charge in [-0.3, -0.25) is 9.59 Å². The third-order valence-corrected chi connectivity index (χ3v) is 5.51. The summed E-state index contributed by atoms with van der Waals surface area (Å²) in [5.74, 6) is 1.38. The first-order valence-corrected chi connectivity index (χ1v) is 10.4. The van der Waals surface area contributed by atoms with Crippen molar-refractivity contribution >= 4 is 35.2 Å². The normalized spacial score (nSPS) is 11.6. The Kier molecular flexibility index (Phi) is 8.67. The fraction of sp³-hybridized carbons (Fsp3) is 0.333. The summed E-state index contributed by atoms with van der Waals surface area (Å²) < 4.78 is 5.25. The molecule has 2 amide bonds. The van der Waals surface area contributed by atoms with E-state index in [9.17, 15) is 9.59 Å². The maximum atomic E-state index is 12.9. The van der Waals surface area contributed by atoms with Crippen LogP contribution in [0.5, 0.6) is 5.75 Å². The van der Waals surface area contributed by atoms with Crippen LogP contribution in [0.2, 0.25) is 5.02 Å². The highest BCUT2D eigenvalue weighted by Gasteiger charge is 2.25. The van der Waals surface area contributed by atoms with Gasteiger partial charge in [-0.05, 0) is 42.3 Å². The zero-order valence-corrected chi connectivity index (χ0v) is 17.8. The van der Waals surface area contributed by atoms with Crippen LogP contribution in [0.3, 0.4) is 0 Å². The number of rotatable bonds is 9. The van der Waals surface area contributed by atoms with Crippen molar-refractivity contribution in [2.24, 2.45) is 0 Å². The molecule has 0 radical (unpaired) electrons. The standard InChI is InChI=1S/C21H25ClN2O3S/c1-15(21(26)23-2)24(12-16-6-5-9-19(11-16)27-3)20(25)14-28-13-17-7-4-8-18(22)10-17/h4-11,15H,12-14H2,1-3H3,(H,23,26). The second-order valence-electron chi connectivity index (χ2n) is 6.29. The van der Waals surface area contributed by atoms with Gasteiger partial charge in [0.2, 0.25) is 11.8 Å². The van der Waals surface area contributed by atoms with Crippen molar-refractivity contribution in [1.29, 1.82) is 0 Å². The van der Waals surface area contributed by atoms with E-state index in [2.05, 4.69) is 5.32 Å². The first-order valence-electron chi connectivity index (χ1n) is 8.90. The number of hydrogen-bond acceptors (Lipinski definition) is 4. The highest BCUT2D eigenvalue weighted by Crippen LogP contribution is 2.19. The number of amides is 2. The number of likely N-dealkylation sites (N-methyl/N-ethyl adjacent to an activating group) is 1. The van der Waals surface area contributed by atoms with Gasteiger partial charge in [0.1, 0.15) is 11.8 Å². The highest BCUT2D eigenvalue weighted by molar-refractivity contribution is 7.99. The third-order valence-electron chi connectivity index (χ3n) is 4.28. The number of thioether (sulfide) groups is 1. The Morgan fingerprint density at radius 1 is 1.18 bits per heavy atom. The molecule has 0 bridgehead atoms. The largest absolute Gasteiger partial charge is 0.497 e. The van der Waals surface area contributed by atoms with Gasteiger partial charge in [0.05, 0.1) is 12.9 Å². The van der Waals surface area contributed by atoms with Gasteiger partial charge in [0.25, 0.3) is 0 Å². The van der Waals surface area contributed by atoms with Crippen LogP contribution in [0.15, 0.2) is 48.5 Å². The minimum atomic E-state index is -0.574. The molecule has 150 valence electrons. The van der Waals surface area contributed by atoms with Gasteiger partial charge in [-0.15, -0.1) is 11.8 Å². The molecular formula is C21H25ClN2O3S. The number of methoxy groups -OCH3 is 1. The third kappa shape index (κ3) is 6.46. The lowest BCUT2D eigenvalue weighted by atomic mass is 10.1. The number of carbonyl (C=O) groups is 2. The van der Waals surface area contributed by atoms with Crippen molar-refractivity contribution in [3.05, 3.63) is 64.7 Å². The maximum absolute atomic E-state index is 12.9. The second-order valence-corrected chi connectivity index (χ2v) is 7.71. The van der Waals surface area contributed by atoms with Gasteiger partial charge in [-0.25, -0.2) is 0 Å². The predicted molar refractivity (Wildman–Crippen MR) is 115 cm³/mol. The summed E-state index contributed by atoms with van der Waals surface area (Å²) in [5.41, 5.74) is 1.97. The molecule has 0 fully saturated rings. The Bertz CT molecular complexity index is 816. The molecule has 2 aromatic carbocycles. The van der Waals surface area contributed by atoms with Crippen molar-refractivity contribution in [3.63, 3.8) is 0 Å². The first kappa shape index (κ1) is 22.1. The van der Waals surface area contributed by atoms with Crippen molar-refractivity contribution in [3.8, 4) is 5.75 Å². The average Bonchev–Trinajstić information content (AvgIpc) is 2.71. The van der Waals surface area contributed by atoms with Crippen LogP contribution in [0.4, 0.5) is 0 Å². The number of nitrogens with zero attached hydrogens (tertiary/aromatic N) is 1. The lowest BCUT2D eigenvalue weighted by molar-refractivity contribution is -0.138. The number of nitrogens with one attached hydrogen (secondary N) is 1. The smallest absolute Gasteiger partial charge is 0.242 e. The highest BCUT2D eigenvalue weighted by atomic mass is 35.5. The van der Waals surface area contributed by atoms with E-state index in [1.54, 1.807) is 26.0 Å². The molecule has 0 saturated heterocycles. The number of halogens is 1. The molecule has 0 aliphatic rings. The number of hydrogen-bond donors (Lipinski definition) is 1. The van der Waals surface area contributed by atoms with Crippen LogP contribution in [-0.4, -0.2) is 42.7 Å². The second kappa shape index (κ2) is 11.0. The molecule has 0 aliphatic heterocycles. The minimum absolute atomic E-state index is 0.0917. The Labute approximate surface area is 175 Å². The van der Waals surface area contributed by atoms with Crippen LogP contribution < -0.4 is 10.1 Å². The van der Waals surface area contributed by atoms with Crippen LogP contribution in [0, 0.1) is 0 Å². The molecule has 0 aliphatic carbocycles. The molecule has 1 atom stereocenters. The van der Waals surface area contributed by atoms with E-state index in [-0.39, 0.29) is 17.6 Å². The minimum Gasteiger partial charge on any atom is -0.497 e. The van der Waals surface area contributed by atoms with Crippen LogP contribution in [0.25, 0.3) is 0 Å². The van der Waals surface area contributed by atoms with E-state index in [4.69, 9.17) is 16.3 Å². The van der Waals surface area contributed by atoms with Crippen molar-refractivity contribution in [2.45, 2.75) is 25.3 Å². The lowest BCUT2D eigenvalue weighted by Crippen LogP contribution is -2.47. The Morgan fingerprint density at radius 2 is 1.89 bits per heavy atom. The molecule has 5 nitrogen and oxygen atoms in total. The summed E-state index contributed by atoms with van der Waals surface area (Å²) in [6.45, 7) is 2.07. The zero-order chi connectivity index (χ0) is 20.5. The quantitative estimate of drug-likeness (QED) is 0.671. The summed E-state index contributed by atoms with van der Waals surface area (Å²) in [4.78, 5) is 26.6. The van der Waals surface area contributed by atoms with Gasteiger partial charge in [-0.2, -0.15) is 0 Å². The van der Waals surface area contributed by atoms with Crippen molar-refractivity contribution in [1.82, 2.24) is 10.2 Å². The maximum Gasteiger partial charge on any atom is 0.242 e. The molecular weight excluding hydrogens is 396 g/mol. The van der Waals surface area contributed by atoms with Crippen LogP contribution >= 0.6 is 23.4 Å². The molecule has 28 heavy (non-hydrogen) atoms. The van der Waals surface area contributed by atoms with E-state index in [1.165, 1.54) is 11.8 Å². The number of carbonyl (C=O) groups excluding carboxylic acids is 2. The van der Waals surface area contributed by atoms with Gasteiger partial charge < -0.3 is 15.0 Å². The van der Waals surface area contributed by atoms with E-state index >= 15 is 0 Å². The number of ether oxygens (including phenoxy) is 1. The van der Waals surface area contributed by atoms with Crippen molar-refractivity contribution in [2.75, 3.05) is 19.9 Å². The van der Waals surface area contributed by atoms with Crippen molar-refractivity contribution < 1.29 is 14.3 Å². The monoisotopic (exact) mass is 420 g/mol. The summed E-state index contributed by atoms with van der Waals surface area (Å²) in [6, 6.07) is 14.5. The molecule has 0 spiro atoms. The molecule has 2 aromatic rings. The Morgan fingerprint density at radius 3 is 2.57 bits per heavy atom. The van der Waals surface area contributed by atoms with Crippen LogP contribution in [-0.2, 0) is 21.9 Å². The SMILES string of the molecule is CNC(=O)C(C)N(Cc1cccc(OC)c1)C(=O)CSCc1cccc(Cl)c1. The van der Waals surface area contributed by atoms with E-state index in [0.29, 0.717) is 23.1 Å². The molecule has 0 heterocycles. The zero-order valence-electron chi connectivity index (χ0n) is 16.3. The van der Waals surface area contributed by atoms with Gasteiger partial charge in [-0.1, -0.05) is 35.9 Å². The summed E-state index contributed by atoms with van der Waals surface area (Å²) in [7, 11) is 3.17. The molecule has 1 unspecified atom stereocenters. The molecule has 0 saturated carbocycles. The average molecular weight is 421 g/mol. The predicted octanol–water partition coefficient (Wildman–Crippen LogP) is 3.75. The van der Waals surface area contributed by atoms with Crippen LogP contribution in [0.1, 0.15) is 18.1 Å². The summed E-state index contributed by atoms with van der Waals surface area (Å²) >= 11 is 7.51. The molecule has 2 rings (SSSR count). The first-order chi connectivity index (χ1) is 13.4. The van der Waals surface area contributed by atoms with E-state index in [0.717, 1.165) is 11.1 Å². The molecule has 1 N–H and O–H groups in total. The van der Waals surface area contributed by atoms with Gasteiger partial charge >= 0.3 is 0 Å². The number of benzene rings is 2. The van der Waals surface area contributed by atoms with E-state index < -0.39 is 6.04 Å². The summed E-state index contributed by atoms with van der Waals surface area (Å²) in [5, 5.41) is 3.30. The Balaban J connectivity index is 2.06. The Hall–Kier alpha value is -2.18. The van der Waals surface area contributed by atoms with Gasteiger partial charge in [0, 0.05) is 24.4 Å². The molecule has 0 aromatic heterocycles. The van der Waals surface area contributed by atoms with Gasteiger partial charge in [0.15, 0.2) is 0 Å².